The third-order valence-electron chi connectivity index (χ3n) is 5.50. The highest BCUT2D eigenvalue weighted by Gasteiger charge is 2.27. The van der Waals surface area contributed by atoms with Gasteiger partial charge >= 0.3 is 6.03 Å². The lowest BCUT2D eigenvalue weighted by Crippen LogP contribution is -2.44. The van der Waals surface area contributed by atoms with Gasteiger partial charge in [-0.2, -0.15) is 4.98 Å². The zero-order chi connectivity index (χ0) is 27.4. The molecule has 0 aliphatic heterocycles. The highest BCUT2D eigenvalue weighted by atomic mass is 16.6. The van der Waals surface area contributed by atoms with E-state index < -0.39 is 5.79 Å². The van der Waals surface area contributed by atoms with E-state index >= 15 is 0 Å². The van der Waals surface area contributed by atoms with E-state index in [4.69, 9.17) is 9.47 Å². The lowest BCUT2D eigenvalue weighted by molar-refractivity contribution is -0.176. The fraction of sp³-hybridized carbons (Fsp3) is 0.556. The van der Waals surface area contributed by atoms with E-state index in [2.05, 4.69) is 27.5 Å². The van der Waals surface area contributed by atoms with Crippen molar-refractivity contribution in [1.29, 1.82) is 0 Å². The fourth-order valence-corrected chi connectivity index (χ4v) is 3.72. The Balaban J connectivity index is 2.22. The van der Waals surface area contributed by atoms with Crippen LogP contribution in [-0.4, -0.2) is 58.6 Å². The number of aryl methyl sites for hydroxylation is 1. The number of aliphatic hydroxyl groups is 1. The SMILES string of the molecule is CCCC(CC)N(C(=O)Nc1cccc(OCCCOC(C)(C)O)n1)c1nc(C(=O)NCC)ccc1C. The first-order chi connectivity index (χ1) is 17.6. The number of carbonyl (C=O) groups is 2. The fourth-order valence-electron chi connectivity index (χ4n) is 3.72. The first-order valence-electron chi connectivity index (χ1n) is 12.9. The number of aromatic nitrogens is 2. The maximum absolute atomic E-state index is 13.6. The molecule has 0 saturated heterocycles. The van der Waals surface area contributed by atoms with Gasteiger partial charge in [0, 0.05) is 25.1 Å². The summed E-state index contributed by atoms with van der Waals surface area (Å²) in [7, 11) is 0. The van der Waals surface area contributed by atoms with Gasteiger partial charge in [0.1, 0.15) is 17.3 Å². The molecule has 0 saturated carbocycles. The van der Waals surface area contributed by atoms with Crippen LogP contribution < -0.4 is 20.3 Å². The van der Waals surface area contributed by atoms with Crippen LogP contribution in [0.25, 0.3) is 0 Å². The third-order valence-corrected chi connectivity index (χ3v) is 5.50. The molecule has 2 aromatic rings. The van der Waals surface area contributed by atoms with E-state index in [1.165, 1.54) is 0 Å². The van der Waals surface area contributed by atoms with Gasteiger partial charge < -0.3 is 19.9 Å². The van der Waals surface area contributed by atoms with Crippen LogP contribution in [0.1, 0.15) is 76.4 Å². The Morgan fingerprint density at radius 1 is 1.11 bits per heavy atom. The molecule has 37 heavy (non-hydrogen) atoms. The number of nitrogens with one attached hydrogen (secondary N) is 2. The molecule has 10 heteroatoms. The lowest BCUT2D eigenvalue weighted by Gasteiger charge is -2.31. The number of hydrogen-bond donors (Lipinski definition) is 3. The molecule has 0 spiro atoms. The summed E-state index contributed by atoms with van der Waals surface area (Å²) in [5.74, 6) is -0.327. The Labute approximate surface area is 219 Å². The normalized spacial score (nSPS) is 12.1. The molecule has 0 fully saturated rings. The predicted molar refractivity (Wildman–Crippen MR) is 144 cm³/mol. The molecule has 0 aliphatic carbocycles. The maximum atomic E-state index is 13.6. The number of urea groups is 1. The first-order valence-corrected chi connectivity index (χ1v) is 12.9. The van der Waals surface area contributed by atoms with Crippen LogP contribution in [-0.2, 0) is 4.74 Å². The maximum Gasteiger partial charge on any atom is 0.328 e. The smallest absolute Gasteiger partial charge is 0.328 e. The van der Waals surface area contributed by atoms with Gasteiger partial charge in [0.2, 0.25) is 5.88 Å². The molecule has 2 aromatic heterocycles. The molecule has 204 valence electrons. The number of ether oxygens (including phenoxy) is 2. The summed E-state index contributed by atoms with van der Waals surface area (Å²) < 4.78 is 11.0. The molecule has 0 aliphatic rings. The minimum absolute atomic E-state index is 0.115. The molecule has 0 radical (unpaired) electrons. The van der Waals surface area contributed by atoms with Crippen molar-refractivity contribution in [2.45, 2.75) is 79.1 Å². The summed E-state index contributed by atoms with van der Waals surface area (Å²) in [5, 5.41) is 15.2. The van der Waals surface area contributed by atoms with Crippen LogP contribution in [0.4, 0.5) is 16.4 Å². The van der Waals surface area contributed by atoms with Gasteiger partial charge in [-0.1, -0.05) is 32.4 Å². The van der Waals surface area contributed by atoms with Crippen molar-refractivity contribution < 1.29 is 24.2 Å². The molecule has 1 atom stereocenters. The van der Waals surface area contributed by atoms with Gasteiger partial charge in [-0.15, -0.1) is 0 Å². The second-order valence-electron chi connectivity index (χ2n) is 9.21. The standard InChI is InChI=1S/C27H41N5O5/c1-7-12-20(8-2)32(24-19(4)15-16-21(29-24)25(33)28-9-3)26(34)31-22-13-10-14-23(30-22)36-17-11-18-37-27(5,6)35/h10,13-16,20,35H,7-9,11-12,17-18H2,1-6H3,(H,28,33)(H,30,31,34). The topological polar surface area (TPSA) is 126 Å². The summed E-state index contributed by atoms with van der Waals surface area (Å²) in [6, 6.07) is 8.11. The van der Waals surface area contributed by atoms with Crippen LogP contribution in [0.15, 0.2) is 30.3 Å². The van der Waals surface area contributed by atoms with Crippen LogP contribution >= 0.6 is 0 Å². The summed E-state index contributed by atoms with van der Waals surface area (Å²) in [5.41, 5.74) is 1.05. The number of nitrogens with zero attached hydrogens (tertiary/aromatic N) is 3. The van der Waals surface area contributed by atoms with E-state index in [0.717, 1.165) is 24.8 Å². The van der Waals surface area contributed by atoms with E-state index in [9.17, 15) is 14.7 Å². The molecule has 3 amide bonds. The molecule has 2 rings (SSSR count). The zero-order valence-electron chi connectivity index (χ0n) is 22.8. The molecule has 0 aromatic carbocycles. The average molecular weight is 516 g/mol. The average Bonchev–Trinajstić information content (AvgIpc) is 2.84. The number of rotatable bonds is 14. The van der Waals surface area contributed by atoms with E-state index in [1.54, 1.807) is 49.1 Å². The second kappa shape index (κ2) is 14.5. The van der Waals surface area contributed by atoms with Crippen molar-refractivity contribution in [3.63, 3.8) is 0 Å². The van der Waals surface area contributed by atoms with Gasteiger partial charge in [0.25, 0.3) is 5.91 Å². The molecule has 3 N–H and O–H groups in total. The minimum atomic E-state index is -1.19. The van der Waals surface area contributed by atoms with E-state index in [0.29, 0.717) is 43.7 Å². The van der Waals surface area contributed by atoms with Gasteiger partial charge in [-0.25, -0.2) is 9.78 Å². The van der Waals surface area contributed by atoms with Gasteiger partial charge in [-0.05, 0) is 58.2 Å². The molecule has 0 bridgehead atoms. The number of pyridine rings is 2. The Kier molecular flexibility index (Phi) is 11.7. The van der Waals surface area contributed by atoms with E-state index in [1.807, 2.05) is 20.8 Å². The summed E-state index contributed by atoms with van der Waals surface area (Å²) in [6.45, 7) is 12.1. The number of amides is 3. The predicted octanol–water partition coefficient (Wildman–Crippen LogP) is 4.67. The number of carbonyl (C=O) groups excluding carboxylic acids is 2. The Hall–Kier alpha value is -3.24. The number of anilines is 2. The van der Waals surface area contributed by atoms with Crippen LogP contribution in [0.3, 0.4) is 0 Å². The highest BCUT2D eigenvalue weighted by molar-refractivity contribution is 6.02. The summed E-state index contributed by atoms with van der Waals surface area (Å²) in [6.07, 6.45) is 2.95. The van der Waals surface area contributed by atoms with Gasteiger partial charge in [-0.3, -0.25) is 15.0 Å². The molecular weight excluding hydrogens is 474 g/mol. The number of hydrogen-bond acceptors (Lipinski definition) is 7. The lowest BCUT2D eigenvalue weighted by atomic mass is 10.1. The van der Waals surface area contributed by atoms with Gasteiger partial charge in [0.15, 0.2) is 5.79 Å². The summed E-state index contributed by atoms with van der Waals surface area (Å²) in [4.78, 5) is 36.6. The van der Waals surface area contributed by atoms with Crippen LogP contribution in [0.2, 0.25) is 0 Å². The molecule has 1 unspecified atom stereocenters. The Bertz CT molecular complexity index is 1020. The zero-order valence-corrected chi connectivity index (χ0v) is 22.8. The van der Waals surface area contributed by atoms with Crippen molar-refractivity contribution in [3.8, 4) is 5.88 Å². The molecule has 10 nitrogen and oxygen atoms in total. The quantitative estimate of drug-likeness (QED) is 0.247. The van der Waals surface area contributed by atoms with Crippen molar-refractivity contribution >= 4 is 23.6 Å². The largest absolute Gasteiger partial charge is 0.478 e. The summed E-state index contributed by atoms with van der Waals surface area (Å²) >= 11 is 0. The Morgan fingerprint density at radius 2 is 1.86 bits per heavy atom. The highest BCUT2D eigenvalue weighted by Crippen LogP contribution is 2.25. The van der Waals surface area contributed by atoms with Crippen LogP contribution in [0.5, 0.6) is 5.88 Å². The van der Waals surface area contributed by atoms with Gasteiger partial charge in [0.05, 0.1) is 13.2 Å². The Morgan fingerprint density at radius 3 is 2.51 bits per heavy atom. The molecular formula is C27H41N5O5. The monoisotopic (exact) mass is 515 g/mol. The first kappa shape index (κ1) is 30.0. The second-order valence-corrected chi connectivity index (χ2v) is 9.21. The van der Waals surface area contributed by atoms with Crippen molar-refractivity contribution in [1.82, 2.24) is 15.3 Å². The minimum Gasteiger partial charge on any atom is -0.478 e. The molecule has 2 heterocycles. The third kappa shape index (κ3) is 9.62. The van der Waals surface area contributed by atoms with Crippen molar-refractivity contribution in [3.05, 3.63) is 41.6 Å². The van der Waals surface area contributed by atoms with E-state index in [-0.39, 0.29) is 23.7 Å². The van der Waals surface area contributed by atoms with Crippen LogP contribution in [0, 0.1) is 6.92 Å². The van der Waals surface area contributed by atoms with Crippen molar-refractivity contribution in [2.75, 3.05) is 30.0 Å². The van der Waals surface area contributed by atoms with Crippen molar-refractivity contribution in [2.24, 2.45) is 0 Å².